The van der Waals surface area contributed by atoms with Crippen LogP contribution in [-0.2, 0) is 9.63 Å². The molecular formula is C13H17N3O3. The molecule has 0 aromatic heterocycles. The summed E-state index contributed by atoms with van der Waals surface area (Å²) in [4.78, 5) is 17.2. The van der Waals surface area contributed by atoms with Gasteiger partial charge in [-0.3, -0.25) is 10.0 Å². The molecule has 6 heteroatoms. The molecule has 1 aromatic rings. The third-order valence-electron chi connectivity index (χ3n) is 2.85. The molecule has 102 valence electrons. The normalized spacial score (nSPS) is 17.2. The highest BCUT2D eigenvalue weighted by molar-refractivity contribution is 5.86. The zero-order valence-corrected chi connectivity index (χ0v) is 10.7. The fourth-order valence-corrected chi connectivity index (χ4v) is 1.86. The third-order valence-corrected chi connectivity index (χ3v) is 2.85. The van der Waals surface area contributed by atoms with Gasteiger partial charge < -0.3 is 10.6 Å². The van der Waals surface area contributed by atoms with E-state index < -0.39 is 6.10 Å². The molecular weight excluding hydrogens is 246 g/mol. The summed E-state index contributed by atoms with van der Waals surface area (Å²) in [6.07, 6.45) is -0.216. The van der Waals surface area contributed by atoms with Gasteiger partial charge in [-0.05, 0) is 19.5 Å². The third kappa shape index (κ3) is 2.93. The van der Waals surface area contributed by atoms with E-state index in [4.69, 9.17) is 4.84 Å². The van der Waals surface area contributed by atoms with E-state index in [1.165, 1.54) is 0 Å². The summed E-state index contributed by atoms with van der Waals surface area (Å²) in [6.45, 7) is 4.50. The summed E-state index contributed by atoms with van der Waals surface area (Å²) in [7, 11) is 1.83. The van der Waals surface area contributed by atoms with E-state index >= 15 is 0 Å². The van der Waals surface area contributed by atoms with Crippen molar-refractivity contribution in [2.75, 3.05) is 18.8 Å². The number of nitrogens with zero attached hydrogens (tertiary/aromatic N) is 1. The lowest BCUT2D eigenvalue weighted by Gasteiger charge is -2.13. The maximum absolute atomic E-state index is 12.1. The molecule has 2 rings (SSSR count). The van der Waals surface area contributed by atoms with Crippen molar-refractivity contribution in [3.05, 3.63) is 42.1 Å². The second kappa shape index (κ2) is 5.83. The average Bonchev–Trinajstić information content (AvgIpc) is 2.74. The maximum atomic E-state index is 12.1. The second-order valence-corrected chi connectivity index (χ2v) is 4.26. The molecule has 1 heterocycles. The lowest BCUT2D eigenvalue weighted by molar-refractivity contribution is -0.140. The number of rotatable bonds is 5. The number of hydrogen-bond acceptors (Lipinski definition) is 5. The van der Waals surface area contributed by atoms with Crippen molar-refractivity contribution in [1.82, 2.24) is 10.6 Å². The van der Waals surface area contributed by atoms with Gasteiger partial charge in [-0.15, -0.1) is 5.23 Å². The van der Waals surface area contributed by atoms with Crippen LogP contribution in [0.5, 0.6) is 0 Å². The van der Waals surface area contributed by atoms with Crippen LogP contribution >= 0.6 is 0 Å². The van der Waals surface area contributed by atoms with E-state index in [1.54, 1.807) is 24.3 Å². The van der Waals surface area contributed by atoms with Gasteiger partial charge in [-0.25, -0.2) is 4.84 Å². The van der Waals surface area contributed by atoms with Gasteiger partial charge in [0.25, 0.3) is 5.91 Å². The molecule has 0 aliphatic carbocycles. The molecule has 0 saturated carbocycles. The quantitative estimate of drug-likeness (QED) is 0.742. The molecule has 0 saturated heterocycles. The van der Waals surface area contributed by atoms with E-state index in [0.717, 1.165) is 6.54 Å². The van der Waals surface area contributed by atoms with Crippen molar-refractivity contribution in [1.29, 1.82) is 0 Å². The van der Waals surface area contributed by atoms with Crippen LogP contribution in [0.4, 0.5) is 5.69 Å². The van der Waals surface area contributed by atoms with Gasteiger partial charge in [-0.1, -0.05) is 24.8 Å². The Hall–Kier alpha value is -1.89. The molecule has 19 heavy (non-hydrogen) atoms. The van der Waals surface area contributed by atoms with Gasteiger partial charge in [-0.2, -0.15) is 0 Å². The molecule has 1 aliphatic rings. The number of nitrogens with one attached hydrogen (secondary N) is 2. The summed E-state index contributed by atoms with van der Waals surface area (Å²) >= 11 is 0. The first-order valence-corrected chi connectivity index (χ1v) is 6.01. The number of anilines is 1. The molecule has 1 aliphatic heterocycles. The summed E-state index contributed by atoms with van der Waals surface area (Å²) in [6, 6.07) is 6.97. The largest absolute Gasteiger partial charge is 0.328 e. The molecule has 6 nitrogen and oxygen atoms in total. The Morgan fingerprint density at radius 2 is 2.26 bits per heavy atom. The lowest BCUT2D eigenvalue weighted by atomic mass is 10.1. The average molecular weight is 263 g/mol. The summed E-state index contributed by atoms with van der Waals surface area (Å²) in [5.41, 5.74) is 1.71. The van der Waals surface area contributed by atoms with Crippen LogP contribution in [0.25, 0.3) is 0 Å². The highest BCUT2D eigenvalue weighted by Gasteiger charge is 2.34. The number of benzene rings is 1. The topological polar surface area (TPSA) is 73.8 Å². The summed E-state index contributed by atoms with van der Waals surface area (Å²) in [5, 5.41) is 15.9. The standard InChI is InChI=1S/C13H17N3O3/c1-9(7-8-14-2)15-13(17)12-10-5-3-4-6-11(10)16(18)19-12/h3-6,12,14,18H,1,7-8H2,2H3,(H,15,17). The van der Waals surface area contributed by atoms with Crippen molar-refractivity contribution >= 4 is 11.6 Å². The monoisotopic (exact) mass is 263 g/mol. The second-order valence-electron chi connectivity index (χ2n) is 4.26. The van der Waals surface area contributed by atoms with Gasteiger partial charge in [0.2, 0.25) is 0 Å². The van der Waals surface area contributed by atoms with Gasteiger partial charge in [0.05, 0.1) is 0 Å². The van der Waals surface area contributed by atoms with Crippen LogP contribution in [0.15, 0.2) is 36.5 Å². The summed E-state index contributed by atoms with van der Waals surface area (Å²) < 4.78 is 0. The molecule has 0 spiro atoms. The Labute approximate surface area is 111 Å². The van der Waals surface area contributed by atoms with E-state index in [0.29, 0.717) is 28.6 Å². The van der Waals surface area contributed by atoms with Crippen molar-refractivity contribution in [3.63, 3.8) is 0 Å². The van der Waals surface area contributed by atoms with E-state index in [9.17, 15) is 10.0 Å². The van der Waals surface area contributed by atoms with Gasteiger partial charge in [0, 0.05) is 17.8 Å². The first-order chi connectivity index (χ1) is 9.13. The Kier molecular flexibility index (Phi) is 4.16. The highest BCUT2D eigenvalue weighted by atomic mass is 16.9. The molecule has 0 radical (unpaired) electrons. The van der Waals surface area contributed by atoms with Crippen LogP contribution in [0.3, 0.4) is 0 Å². The molecule has 1 aromatic carbocycles. The SMILES string of the molecule is C=C(CCNC)NC(=O)C1ON(O)c2ccccc21. The molecule has 1 atom stereocenters. The van der Waals surface area contributed by atoms with E-state index in [2.05, 4.69) is 17.2 Å². The van der Waals surface area contributed by atoms with Crippen LogP contribution in [0.1, 0.15) is 18.1 Å². The summed E-state index contributed by atoms with van der Waals surface area (Å²) in [5.74, 6) is -0.342. The highest BCUT2D eigenvalue weighted by Crippen LogP contribution is 2.36. The fraction of sp³-hybridized carbons (Fsp3) is 0.308. The predicted molar refractivity (Wildman–Crippen MR) is 70.4 cm³/mol. The van der Waals surface area contributed by atoms with Crippen molar-refractivity contribution in [3.8, 4) is 0 Å². The Morgan fingerprint density at radius 1 is 1.53 bits per heavy atom. The van der Waals surface area contributed by atoms with Gasteiger partial charge in [0.15, 0.2) is 6.10 Å². The van der Waals surface area contributed by atoms with E-state index in [1.807, 2.05) is 7.05 Å². The number of hydrogen-bond donors (Lipinski definition) is 3. The minimum atomic E-state index is -0.854. The Balaban J connectivity index is 2.04. The predicted octanol–water partition coefficient (Wildman–Crippen LogP) is 1.11. The molecule has 0 fully saturated rings. The number of carbonyl (C=O) groups excluding carboxylic acids is 1. The molecule has 1 amide bonds. The Morgan fingerprint density at radius 3 is 3.00 bits per heavy atom. The minimum Gasteiger partial charge on any atom is -0.328 e. The first kappa shape index (κ1) is 13.5. The zero-order valence-electron chi connectivity index (χ0n) is 10.7. The molecule has 3 N–H and O–H groups in total. The van der Waals surface area contributed by atoms with Crippen molar-refractivity contribution in [2.24, 2.45) is 0 Å². The number of amides is 1. The molecule has 1 unspecified atom stereocenters. The van der Waals surface area contributed by atoms with Crippen molar-refractivity contribution < 1.29 is 14.8 Å². The van der Waals surface area contributed by atoms with Crippen molar-refractivity contribution in [2.45, 2.75) is 12.5 Å². The number of para-hydroxylation sites is 1. The maximum Gasteiger partial charge on any atom is 0.260 e. The lowest BCUT2D eigenvalue weighted by Crippen LogP contribution is -2.30. The number of fused-ring (bicyclic) bond motifs is 1. The van der Waals surface area contributed by atoms with Gasteiger partial charge in [0.1, 0.15) is 5.69 Å². The molecule has 0 bridgehead atoms. The van der Waals surface area contributed by atoms with Crippen LogP contribution in [-0.4, -0.2) is 24.7 Å². The fourth-order valence-electron chi connectivity index (χ4n) is 1.86. The smallest absolute Gasteiger partial charge is 0.260 e. The van der Waals surface area contributed by atoms with Gasteiger partial charge >= 0.3 is 0 Å². The zero-order chi connectivity index (χ0) is 13.8. The minimum absolute atomic E-state index is 0.342. The van der Waals surface area contributed by atoms with E-state index in [-0.39, 0.29) is 5.91 Å². The number of carbonyl (C=O) groups is 1. The van der Waals surface area contributed by atoms with Crippen LogP contribution in [0.2, 0.25) is 0 Å². The Bertz CT molecular complexity index is 490. The van der Waals surface area contributed by atoms with Crippen LogP contribution < -0.4 is 15.9 Å². The van der Waals surface area contributed by atoms with Crippen LogP contribution in [0, 0.1) is 0 Å². The first-order valence-electron chi connectivity index (χ1n) is 6.01.